The molecule has 1 aromatic rings. The highest BCUT2D eigenvalue weighted by Gasteiger charge is 2.27. The number of rotatable bonds is 7. The number of nitrogens with zero attached hydrogens (tertiary/aromatic N) is 1. The first-order valence-electron chi connectivity index (χ1n) is 9.36. The predicted octanol–water partition coefficient (Wildman–Crippen LogP) is 1.03. The summed E-state index contributed by atoms with van der Waals surface area (Å²) in [5.41, 5.74) is 1.07. The molecule has 166 valence electrons. The van der Waals surface area contributed by atoms with Crippen molar-refractivity contribution in [2.75, 3.05) is 66.8 Å². The van der Waals surface area contributed by atoms with Crippen molar-refractivity contribution in [3.63, 3.8) is 0 Å². The van der Waals surface area contributed by atoms with Gasteiger partial charge in [0.2, 0.25) is 0 Å². The van der Waals surface area contributed by atoms with Gasteiger partial charge in [-0.15, -0.1) is 24.8 Å². The van der Waals surface area contributed by atoms with Crippen LogP contribution in [0.15, 0.2) is 18.2 Å². The Balaban J connectivity index is 0.00000210. The number of amides is 1. The van der Waals surface area contributed by atoms with Crippen LogP contribution in [0.3, 0.4) is 0 Å². The van der Waals surface area contributed by atoms with Crippen molar-refractivity contribution < 1.29 is 23.7 Å². The van der Waals surface area contributed by atoms with Crippen LogP contribution in [-0.2, 0) is 14.3 Å². The molecule has 0 saturated carbocycles. The Morgan fingerprint density at radius 2 is 1.93 bits per heavy atom. The lowest BCUT2D eigenvalue weighted by atomic mass is 10.0. The van der Waals surface area contributed by atoms with Crippen LogP contribution in [0.25, 0.3) is 0 Å². The summed E-state index contributed by atoms with van der Waals surface area (Å²) < 4.78 is 21.8. The van der Waals surface area contributed by atoms with E-state index in [4.69, 9.17) is 18.9 Å². The molecule has 0 spiro atoms. The van der Waals surface area contributed by atoms with E-state index < -0.39 is 6.10 Å². The van der Waals surface area contributed by atoms with Crippen molar-refractivity contribution in [3.05, 3.63) is 23.8 Å². The fourth-order valence-electron chi connectivity index (χ4n) is 3.45. The van der Waals surface area contributed by atoms with E-state index in [1.165, 1.54) is 0 Å². The fraction of sp³-hybridized carbons (Fsp3) is 0.632. The van der Waals surface area contributed by atoms with Crippen LogP contribution >= 0.6 is 24.8 Å². The highest BCUT2D eigenvalue weighted by molar-refractivity contribution is 5.85. The quantitative estimate of drug-likeness (QED) is 0.640. The second-order valence-corrected chi connectivity index (χ2v) is 6.59. The van der Waals surface area contributed by atoms with Gasteiger partial charge in [0.05, 0.1) is 40.1 Å². The number of carbonyl (C=O) groups is 1. The molecule has 0 aromatic heterocycles. The van der Waals surface area contributed by atoms with Gasteiger partial charge in [0, 0.05) is 32.7 Å². The Kier molecular flexibility index (Phi) is 11.6. The number of nitrogens with one attached hydrogen (secondary N) is 2. The molecule has 10 heteroatoms. The number of halogens is 2. The molecule has 2 N–H and O–H groups in total. The average molecular weight is 452 g/mol. The molecule has 8 nitrogen and oxygen atoms in total. The summed E-state index contributed by atoms with van der Waals surface area (Å²) in [6.45, 7) is 5.39. The molecule has 0 aliphatic carbocycles. The summed E-state index contributed by atoms with van der Waals surface area (Å²) in [6.07, 6.45) is -0.436. The summed E-state index contributed by atoms with van der Waals surface area (Å²) in [5.74, 6) is 1.29. The molecule has 1 amide bonds. The molecule has 2 aliphatic heterocycles. The van der Waals surface area contributed by atoms with Crippen LogP contribution in [0.4, 0.5) is 0 Å². The summed E-state index contributed by atoms with van der Waals surface area (Å²) in [5, 5.41) is 6.24. The van der Waals surface area contributed by atoms with Crippen LogP contribution in [0, 0.1) is 0 Å². The standard InChI is InChI=1S/C19H29N3O5.2ClH/c1-24-16-4-3-14(11-17(16)25-2)15(22-6-9-26-10-7-22)12-21-19(23)18-13-20-5-8-27-18;;/h3-4,11,15,18,20H,5-10,12-13H2,1-2H3,(H,21,23);2*1H. The molecular weight excluding hydrogens is 421 g/mol. The monoisotopic (exact) mass is 451 g/mol. The molecule has 2 saturated heterocycles. The third-order valence-electron chi connectivity index (χ3n) is 4.97. The molecule has 29 heavy (non-hydrogen) atoms. The molecule has 2 unspecified atom stereocenters. The zero-order valence-corrected chi connectivity index (χ0v) is 18.5. The molecule has 2 aliphatic rings. The number of methoxy groups -OCH3 is 2. The topological polar surface area (TPSA) is 81.3 Å². The smallest absolute Gasteiger partial charge is 0.250 e. The number of carbonyl (C=O) groups excluding carboxylic acids is 1. The second-order valence-electron chi connectivity index (χ2n) is 6.59. The first kappa shape index (κ1) is 25.7. The van der Waals surface area contributed by atoms with E-state index in [0.717, 1.165) is 25.2 Å². The SMILES string of the molecule is COc1ccc(C(CNC(=O)C2CNCCO2)N2CCOCC2)cc1OC.Cl.Cl. The van der Waals surface area contributed by atoms with E-state index in [0.29, 0.717) is 44.4 Å². The summed E-state index contributed by atoms with van der Waals surface area (Å²) >= 11 is 0. The van der Waals surface area contributed by atoms with Crippen LogP contribution in [0.1, 0.15) is 11.6 Å². The van der Waals surface area contributed by atoms with E-state index >= 15 is 0 Å². The van der Waals surface area contributed by atoms with Crippen molar-refractivity contribution in [1.82, 2.24) is 15.5 Å². The van der Waals surface area contributed by atoms with E-state index in [-0.39, 0.29) is 36.8 Å². The van der Waals surface area contributed by atoms with Crippen molar-refractivity contribution in [2.45, 2.75) is 12.1 Å². The van der Waals surface area contributed by atoms with Crippen LogP contribution < -0.4 is 20.1 Å². The third-order valence-corrected chi connectivity index (χ3v) is 4.97. The first-order valence-corrected chi connectivity index (χ1v) is 9.36. The van der Waals surface area contributed by atoms with Crippen LogP contribution in [-0.4, -0.2) is 83.7 Å². The zero-order chi connectivity index (χ0) is 19.1. The average Bonchev–Trinajstić information content (AvgIpc) is 2.75. The van der Waals surface area contributed by atoms with Crippen molar-refractivity contribution in [2.24, 2.45) is 0 Å². The molecule has 2 fully saturated rings. The minimum Gasteiger partial charge on any atom is -0.493 e. The second kappa shape index (κ2) is 13.1. The van der Waals surface area contributed by atoms with E-state index in [1.54, 1.807) is 14.2 Å². The van der Waals surface area contributed by atoms with Gasteiger partial charge in [-0.05, 0) is 17.7 Å². The largest absolute Gasteiger partial charge is 0.493 e. The van der Waals surface area contributed by atoms with Gasteiger partial charge in [-0.3, -0.25) is 9.69 Å². The molecular formula is C19H31Cl2N3O5. The molecule has 2 heterocycles. The van der Waals surface area contributed by atoms with Gasteiger partial charge >= 0.3 is 0 Å². The highest BCUT2D eigenvalue weighted by atomic mass is 35.5. The molecule has 3 rings (SSSR count). The lowest BCUT2D eigenvalue weighted by Gasteiger charge is -2.35. The maximum atomic E-state index is 12.5. The van der Waals surface area contributed by atoms with Gasteiger partial charge in [0.15, 0.2) is 11.5 Å². The van der Waals surface area contributed by atoms with Gasteiger partial charge < -0.3 is 29.6 Å². The summed E-state index contributed by atoms with van der Waals surface area (Å²) in [7, 11) is 3.25. The number of morpholine rings is 2. The Bertz CT molecular complexity index is 626. The molecule has 2 atom stereocenters. The number of hydrogen-bond acceptors (Lipinski definition) is 7. The molecule has 1 aromatic carbocycles. The third kappa shape index (κ3) is 6.87. The van der Waals surface area contributed by atoms with Gasteiger partial charge in [-0.25, -0.2) is 0 Å². The number of ether oxygens (including phenoxy) is 4. The van der Waals surface area contributed by atoms with E-state index in [1.807, 2.05) is 18.2 Å². The summed E-state index contributed by atoms with van der Waals surface area (Å²) in [6, 6.07) is 5.92. The first-order chi connectivity index (χ1) is 13.2. The van der Waals surface area contributed by atoms with Gasteiger partial charge in [-0.2, -0.15) is 0 Å². The molecule has 0 bridgehead atoms. The van der Waals surface area contributed by atoms with Crippen molar-refractivity contribution >= 4 is 30.7 Å². The van der Waals surface area contributed by atoms with E-state index in [2.05, 4.69) is 15.5 Å². The lowest BCUT2D eigenvalue weighted by molar-refractivity contribution is -0.134. The van der Waals surface area contributed by atoms with Gasteiger partial charge in [0.1, 0.15) is 6.10 Å². The minimum atomic E-state index is -0.436. The van der Waals surface area contributed by atoms with Crippen LogP contribution in [0.5, 0.6) is 11.5 Å². The van der Waals surface area contributed by atoms with Crippen LogP contribution in [0.2, 0.25) is 0 Å². The Hall–Kier alpha value is -1.29. The zero-order valence-electron chi connectivity index (χ0n) is 16.8. The lowest BCUT2D eigenvalue weighted by Crippen LogP contribution is -2.50. The maximum Gasteiger partial charge on any atom is 0.250 e. The Morgan fingerprint density at radius 1 is 1.21 bits per heavy atom. The Labute approximate surface area is 184 Å². The van der Waals surface area contributed by atoms with E-state index in [9.17, 15) is 4.79 Å². The number of hydrogen-bond donors (Lipinski definition) is 2. The minimum absolute atomic E-state index is 0. The fourth-order valence-corrected chi connectivity index (χ4v) is 3.45. The Morgan fingerprint density at radius 3 is 2.55 bits per heavy atom. The highest BCUT2D eigenvalue weighted by Crippen LogP contribution is 2.32. The number of benzene rings is 1. The molecule has 0 radical (unpaired) electrons. The van der Waals surface area contributed by atoms with Crippen molar-refractivity contribution in [3.8, 4) is 11.5 Å². The maximum absolute atomic E-state index is 12.5. The summed E-state index contributed by atoms with van der Waals surface area (Å²) in [4.78, 5) is 14.8. The normalized spacial score (nSPS) is 20.6. The predicted molar refractivity (Wildman–Crippen MR) is 115 cm³/mol. The van der Waals surface area contributed by atoms with Gasteiger partial charge in [-0.1, -0.05) is 6.07 Å². The van der Waals surface area contributed by atoms with Crippen molar-refractivity contribution in [1.29, 1.82) is 0 Å². The van der Waals surface area contributed by atoms with Gasteiger partial charge in [0.25, 0.3) is 5.91 Å².